The van der Waals surface area contributed by atoms with E-state index in [2.05, 4.69) is 38.7 Å². The van der Waals surface area contributed by atoms with Crippen LogP contribution in [0.15, 0.2) is 18.2 Å². The van der Waals surface area contributed by atoms with Gasteiger partial charge in [-0.2, -0.15) is 0 Å². The van der Waals surface area contributed by atoms with E-state index in [9.17, 15) is 0 Å². The van der Waals surface area contributed by atoms with Gasteiger partial charge in [0, 0.05) is 17.9 Å². The number of halogens is 1. The molecule has 0 bridgehead atoms. The van der Waals surface area contributed by atoms with E-state index in [0.29, 0.717) is 5.88 Å². The van der Waals surface area contributed by atoms with Gasteiger partial charge in [-0.15, -0.1) is 11.6 Å². The third kappa shape index (κ3) is 6.55. The lowest BCUT2D eigenvalue weighted by molar-refractivity contribution is 0.296. The van der Waals surface area contributed by atoms with Crippen molar-refractivity contribution in [1.82, 2.24) is 0 Å². The number of rotatable bonds is 6. The third-order valence-electron chi connectivity index (χ3n) is 2.81. The van der Waals surface area contributed by atoms with Crippen LogP contribution in [-0.2, 0) is 0 Å². The van der Waals surface area contributed by atoms with E-state index in [4.69, 9.17) is 16.3 Å². The second-order valence-electron chi connectivity index (χ2n) is 5.11. The van der Waals surface area contributed by atoms with E-state index >= 15 is 0 Å². The average molecular weight is 279 g/mol. The maximum Gasteiger partial charge on any atom is 0.122 e. The number of alkyl halides is 1. The monoisotopic (exact) mass is 278 g/mol. The Bertz CT molecular complexity index is 440. The van der Waals surface area contributed by atoms with E-state index in [1.54, 1.807) is 0 Å². The van der Waals surface area contributed by atoms with E-state index in [-0.39, 0.29) is 0 Å². The van der Waals surface area contributed by atoms with Gasteiger partial charge in [-0.3, -0.25) is 0 Å². The molecule has 0 aromatic heterocycles. The second kappa shape index (κ2) is 8.88. The minimum absolute atomic E-state index is 0.586. The maximum atomic E-state index is 5.80. The zero-order valence-electron chi connectivity index (χ0n) is 12.1. The highest BCUT2D eigenvalue weighted by Crippen LogP contribution is 2.19. The zero-order valence-corrected chi connectivity index (χ0v) is 12.9. The quantitative estimate of drug-likeness (QED) is 0.413. The molecule has 1 nitrogen and oxygen atoms in total. The molecule has 0 N–H and O–H groups in total. The molecular formula is C17H23ClO. The molecule has 0 heterocycles. The van der Waals surface area contributed by atoms with Gasteiger partial charge < -0.3 is 4.74 Å². The summed E-state index contributed by atoms with van der Waals surface area (Å²) in [6.45, 7) is 7.32. The van der Waals surface area contributed by atoms with Crippen molar-refractivity contribution in [3.8, 4) is 17.6 Å². The number of benzene rings is 1. The fourth-order valence-corrected chi connectivity index (χ4v) is 1.87. The molecule has 104 valence electrons. The Morgan fingerprint density at radius 2 is 2.11 bits per heavy atom. The molecule has 0 saturated carbocycles. The van der Waals surface area contributed by atoms with Crippen LogP contribution in [0.1, 0.15) is 44.2 Å². The van der Waals surface area contributed by atoms with Crippen LogP contribution in [0.3, 0.4) is 0 Å². The Labute approximate surface area is 122 Å². The summed E-state index contributed by atoms with van der Waals surface area (Å²) in [5.41, 5.74) is 2.17. The summed E-state index contributed by atoms with van der Waals surface area (Å²) in [5, 5.41) is 0. The summed E-state index contributed by atoms with van der Waals surface area (Å²) in [7, 11) is 0. The topological polar surface area (TPSA) is 9.23 Å². The van der Waals surface area contributed by atoms with Gasteiger partial charge in [0.05, 0.1) is 6.61 Å². The molecular weight excluding hydrogens is 256 g/mol. The largest absolute Gasteiger partial charge is 0.493 e. The Morgan fingerprint density at radius 1 is 1.32 bits per heavy atom. The van der Waals surface area contributed by atoms with Crippen molar-refractivity contribution >= 4 is 11.6 Å². The van der Waals surface area contributed by atoms with Crippen LogP contribution in [0.2, 0.25) is 0 Å². The maximum absolute atomic E-state index is 5.80. The van der Waals surface area contributed by atoms with Crippen molar-refractivity contribution in [2.75, 3.05) is 12.5 Å². The van der Waals surface area contributed by atoms with Crippen molar-refractivity contribution in [2.45, 2.75) is 40.0 Å². The third-order valence-corrected chi connectivity index (χ3v) is 3.00. The lowest BCUT2D eigenvalue weighted by Crippen LogP contribution is -2.00. The highest BCUT2D eigenvalue weighted by Gasteiger charge is 2.01. The fraction of sp³-hybridized carbons (Fsp3) is 0.529. The molecule has 0 radical (unpaired) electrons. The first-order valence-electron chi connectivity index (χ1n) is 6.91. The van der Waals surface area contributed by atoms with E-state index < -0.39 is 0 Å². The van der Waals surface area contributed by atoms with E-state index in [0.717, 1.165) is 42.2 Å². The highest BCUT2D eigenvalue weighted by molar-refractivity contribution is 6.18. The SMILES string of the molecule is Cc1cc(C#CCCCl)ccc1OCCCC(C)C. The van der Waals surface area contributed by atoms with Crippen LogP contribution in [0.4, 0.5) is 0 Å². The van der Waals surface area contributed by atoms with Crippen LogP contribution < -0.4 is 4.74 Å². The van der Waals surface area contributed by atoms with Crippen molar-refractivity contribution in [1.29, 1.82) is 0 Å². The minimum Gasteiger partial charge on any atom is -0.493 e. The van der Waals surface area contributed by atoms with Gasteiger partial charge in [-0.1, -0.05) is 25.7 Å². The molecule has 0 aliphatic rings. The highest BCUT2D eigenvalue weighted by atomic mass is 35.5. The van der Waals surface area contributed by atoms with Gasteiger partial charge in [-0.25, -0.2) is 0 Å². The van der Waals surface area contributed by atoms with Crippen molar-refractivity contribution in [3.05, 3.63) is 29.3 Å². The predicted molar refractivity (Wildman–Crippen MR) is 83.0 cm³/mol. The first kappa shape index (κ1) is 15.9. The number of hydrogen-bond acceptors (Lipinski definition) is 1. The lowest BCUT2D eigenvalue weighted by Gasteiger charge is -2.10. The molecule has 19 heavy (non-hydrogen) atoms. The summed E-state index contributed by atoms with van der Waals surface area (Å²) < 4.78 is 5.80. The van der Waals surface area contributed by atoms with Gasteiger partial charge in [-0.05, 0) is 49.4 Å². The molecule has 0 spiro atoms. The standard InChI is InChI=1S/C17H23ClO/c1-14(2)7-6-12-19-17-10-9-16(13-15(17)3)8-4-5-11-18/h9-10,13-14H,5-7,11-12H2,1-3H3. The number of ether oxygens (including phenoxy) is 1. The van der Waals surface area contributed by atoms with Gasteiger partial charge in [0.15, 0.2) is 0 Å². The molecule has 1 rings (SSSR count). The molecule has 1 aromatic carbocycles. The predicted octanol–water partition coefficient (Wildman–Crippen LogP) is 4.79. The Kier molecular flexibility index (Phi) is 7.45. The van der Waals surface area contributed by atoms with Crippen LogP contribution in [0.5, 0.6) is 5.75 Å². The Morgan fingerprint density at radius 3 is 2.74 bits per heavy atom. The summed E-state index contributed by atoms with van der Waals surface area (Å²) >= 11 is 5.59. The Hall–Kier alpha value is -1.13. The van der Waals surface area contributed by atoms with Crippen LogP contribution >= 0.6 is 11.6 Å². The van der Waals surface area contributed by atoms with Crippen LogP contribution in [0.25, 0.3) is 0 Å². The fourth-order valence-electron chi connectivity index (χ4n) is 1.77. The zero-order chi connectivity index (χ0) is 14.1. The molecule has 2 heteroatoms. The Balaban J connectivity index is 2.51. The van der Waals surface area contributed by atoms with E-state index in [1.807, 2.05) is 12.1 Å². The van der Waals surface area contributed by atoms with Crippen molar-refractivity contribution < 1.29 is 4.74 Å². The minimum atomic E-state index is 0.586. The molecule has 0 atom stereocenters. The molecule has 0 fully saturated rings. The van der Waals surface area contributed by atoms with Gasteiger partial charge in [0.25, 0.3) is 0 Å². The summed E-state index contributed by atoms with van der Waals surface area (Å²) in [6.07, 6.45) is 3.05. The summed E-state index contributed by atoms with van der Waals surface area (Å²) in [5.74, 6) is 8.44. The number of hydrogen-bond donors (Lipinski definition) is 0. The van der Waals surface area contributed by atoms with Gasteiger partial charge >= 0.3 is 0 Å². The first-order chi connectivity index (χ1) is 9.13. The molecule has 1 aromatic rings. The van der Waals surface area contributed by atoms with Crippen LogP contribution in [-0.4, -0.2) is 12.5 Å². The molecule has 0 unspecified atom stereocenters. The summed E-state index contributed by atoms with van der Waals surface area (Å²) in [4.78, 5) is 0. The average Bonchev–Trinajstić information content (AvgIpc) is 2.36. The second-order valence-corrected chi connectivity index (χ2v) is 5.48. The summed E-state index contributed by atoms with van der Waals surface area (Å²) in [6, 6.07) is 6.08. The molecule has 0 amide bonds. The van der Waals surface area contributed by atoms with Crippen molar-refractivity contribution in [2.24, 2.45) is 5.92 Å². The van der Waals surface area contributed by atoms with Gasteiger partial charge in [0.1, 0.15) is 5.75 Å². The first-order valence-corrected chi connectivity index (χ1v) is 7.45. The molecule has 0 aliphatic heterocycles. The van der Waals surface area contributed by atoms with Gasteiger partial charge in [0.2, 0.25) is 0 Å². The molecule has 0 aliphatic carbocycles. The normalized spacial score (nSPS) is 10.2. The van der Waals surface area contributed by atoms with E-state index in [1.165, 1.54) is 6.42 Å². The smallest absolute Gasteiger partial charge is 0.122 e. The molecule has 0 saturated heterocycles. The lowest BCUT2D eigenvalue weighted by atomic mass is 10.1. The van der Waals surface area contributed by atoms with Crippen molar-refractivity contribution in [3.63, 3.8) is 0 Å². The van der Waals surface area contributed by atoms with Crippen LogP contribution in [0, 0.1) is 24.7 Å². The number of aryl methyl sites for hydroxylation is 1.